The van der Waals surface area contributed by atoms with E-state index in [0.29, 0.717) is 25.4 Å². The summed E-state index contributed by atoms with van der Waals surface area (Å²) in [4.78, 5) is 13.7. The molecule has 0 atom stereocenters. The van der Waals surface area contributed by atoms with Gasteiger partial charge in [-0.2, -0.15) is 0 Å². The van der Waals surface area contributed by atoms with E-state index in [9.17, 15) is 13.2 Å². The lowest BCUT2D eigenvalue weighted by Crippen LogP contribution is -2.34. The van der Waals surface area contributed by atoms with Crippen molar-refractivity contribution in [2.75, 3.05) is 26.2 Å². The van der Waals surface area contributed by atoms with Crippen LogP contribution < -0.4 is 9.46 Å². The molecule has 0 aliphatic rings. The summed E-state index contributed by atoms with van der Waals surface area (Å²) in [6.45, 7) is 7.47. The van der Waals surface area contributed by atoms with Crippen LogP contribution in [0.5, 0.6) is 5.75 Å². The van der Waals surface area contributed by atoms with E-state index >= 15 is 0 Å². The van der Waals surface area contributed by atoms with Crippen LogP contribution in [0.25, 0.3) is 0 Å². The maximum atomic E-state index is 12.0. The van der Waals surface area contributed by atoms with E-state index in [1.54, 1.807) is 17.0 Å². The minimum Gasteiger partial charge on any atom is -0.484 e. The van der Waals surface area contributed by atoms with Gasteiger partial charge in [0.1, 0.15) is 5.75 Å². The van der Waals surface area contributed by atoms with Gasteiger partial charge in [-0.1, -0.05) is 13.3 Å². The van der Waals surface area contributed by atoms with Gasteiger partial charge in [-0.05, 0) is 44.5 Å². The molecule has 0 radical (unpaired) electrons. The molecular weight excluding hydrogens is 316 g/mol. The Balaban J connectivity index is 2.61. The van der Waals surface area contributed by atoms with Gasteiger partial charge in [0, 0.05) is 19.6 Å². The van der Waals surface area contributed by atoms with Crippen LogP contribution in [0.4, 0.5) is 0 Å². The highest BCUT2D eigenvalue weighted by atomic mass is 32.2. The van der Waals surface area contributed by atoms with Crippen LogP contribution in [0.1, 0.15) is 33.6 Å². The number of ether oxygens (including phenoxy) is 1. The number of amides is 1. The van der Waals surface area contributed by atoms with Gasteiger partial charge in [0.05, 0.1) is 4.90 Å². The summed E-state index contributed by atoms with van der Waals surface area (Å²) in [5, 5.41) is 0. The minimum atomic E-state index is -3.48. The second-order valence-corrected chi connectivity index (χ2v) is 6.84. The standard InChI is InChI=1S/C16H26N2O4S/c1-4-7-12-17-23(20,21)15-10-8-14(9-11-15)22-13-16(19)18(5-2)6-3/h8-11,17H,4-7,12-13H2,1-3H3. The number of carbonyl (C=O) groups excluding carboxylic acids is 1. The number of hydrogen-bond donors (Lipinski definition) is 1. The molecule has 0 spiro atoms. The molecule has 0 fully saturated rings. The summed E-state index contributed by atoms with van der Waals surface area (Å²) in [7, 11) is -3.48. The van der Waals surface area contributed by atoms with Crippen LogP contribution in [0.3, 0.4) is 0 Å². The second-order valence-electron chi connectivity index (χ2n) is 5.08. The monoisotopic (exact) mass is 342 g/mol. The molecule has 0 saturated carbocycles. The predicted molar refractivity (Wildman–Crippen MR) is 90.0 cm³/mol. The average molecular weight is 342 g/mol. The zero-order valence-electron chi connectivity index (χ0n) is 14.0. The summed E-state index contributed by atoms with van der Waals surface area (Å²) >= 11 is 0. The molecule has 0 aromatic heterocycles. The van der Waals surface area contributed by atoms with E-state index in [1.807, 2.05) is 20.8 Å². The third-order valence-corrected chi connectivity index (χ3v) is 4.91. The smallest absolute Gasteiger partial charge is 0.260 e. The van der Waals surface area contributed by atoms with Crippen molar-refractivity contribution in [3.05, 3.63) is 24.3 Å². The van der Waals surface area contributed by atoms with Crippen molar-refractivity contribution in [1.29, 1.82) is 0 Å². The van der Waals surface area contributed by atoms with E-state index in [-0.39, 0.29) is 17.4 Å². The molecule has 130 valence electrons. The van der Waals surface area contributed by atoms with Gasteiger partial charge < -0.3 is 9.64 Å². The molecule has 6 nitrogen and oxygen atoms in total. The molecule has 1 N–H and O–H groups in total. The molecule has 0 unspecified atom stereocenters. The number of carbonyl (C=O) groups is 1. The van der Waals surface area contributed by atoms with Gasteiger partial charge in [0.2, 0.25) is 10.0 Å². The number of unbranched alkanes of at least 4 members (excludes halogenated alkanes) is 1. The van der Waals surface area contributed by atoms with Crippen LogP contribution in [-0.4, -0.2) is 45.5 Å². The van der Waals surface area contributed by atoms with Crippen LogP contribution >= 0.6 is 0 Å². The lowest BCUT2D eigenvalue weighted by atomic mass is 10.3. The molecule has 7 heteroatoms. The molecule has 0 heterocycles. The second kappa shape index (κ2) is 9.52. The number of likely N-dealkylation sites (N-methyl/N-ethyl adjacent to an activating group) is 1. The maximum Gasteiger partial charge on any atom is 0.260 e. The van der Waals surface area contributed by atoms with Gasteiger partial charge in [-0.15, -0.1) is 0 Å². The molecule has 0 bridgehead atoms. The van der Waals surface area contributed by atoms with Gasteiger partial charge in [0.25, 0.3) is 5.91 Å². The third-order valence-electron chi connectivity index (χ3n) is 3.43. The highest BCUT2D eigenvalue weighted by Crippen LogP contribution is 2.16. The third kappa shape index (κ3) is 6.19. The quantitative estimate of drug-likeness (QED) is 0.660. The van der Waals surface area contributed by atoms with E-state index in [1.165, 1.54) is 12.1 Å². The zero-order chi connectivity index (χ0) is 17.3. The van der Waals surface area contributed by atoms with E-state index < -0.39 is 10.0 Å². The normalized spacial score (nSPS) is 11.3. The van der Waals surface area contributed by atoms with Crippen LogP contribution in [0.15, 0.2) is 29.2 Å². The summed E-state index contributed by atoms with van der Waals surface area (Å²) in [5.41, 5.74) is 0. The molecule has 0 aliphatic heterocycles. The van der Waals surface area contributed by atoms with Crippen molar-refractivity contribution < 1.29 is 17.9 Å². The highest BCUT2D eigenvalue weighted by Gasteiger charge is 2.14. The average Bonchev–Trinajstić information content (AvgIpc) is 2.54. The number of benzene rings is 1. The van der Waals surface area contributed by atoms with Crippen LogP contribution in [-0.2, 0) is 14.8 Å². The van der Waals surface area contributed by atoms with Crippen molar-refractivity contribution in [2.45, 2.75) is 38.5 Å². The molecule has 1 aromatic rings. The number of rotatable bonds is 10. The van der Waals surface area contributed by atoms with Gasteiger partial charge >= 0.3 is 0 Å². The van der Waals surface area contributed by atoms with Gasteiger partial charge in [-0.25, -0.2) is 13.1 Å². The Bertz CT molecular complexity index is 581. The van der Waals surface area contributed by atoms with Crippen LogP contribution in [0, 0.1) is 0 Å². The Morgan fingerprint density at radius 1 is 1.13 bits per heavy atom. The SMILES string of the molecule is CCCCNS(=O)(=O)c1ccc(OCC(=O)N(CC)CC)cc1. The topological polar surface area (TPSA) is 75.7 Å². The number of hydrogen-bond acceptors (Lipinski definition) is 4. The molecule has 1 amide bonds. The van der Waals surface area contributed by atoms with Crippen molar-refractivity contribution in [2.24, 2.45) is 0 Å². The number of sulfonamides is 1. The van der Waals surface area contributed by atoms with Crippen molar-refractivity contribution in [3.8, 4) is 5.75 Å². The Morgan fingerprint density at radius 2 is 1.74 bits per heavy atom. The molecule has 23 heavy (non-hydrogen) atoms. The zero-order valence-corrected chi connectivity index (χ0v) is 14.9. The van der Waals surface area contributed by atoms with Gasteiger partial charge in [0.15, 0.2) is 6.61 Å². The first-order valence-corrected chi connectivity index (χ1v) is 9.43. The summed E-state index contributed by atoms with van der Waals surface area (Å²) in [6, 6.07) is 6.07. The van der Waals surface area contributed by atoms with Gasteiger partial charge in [-0.3, -0.25) is 4.79 Å². The molecular formula is C16H26N2O4S. The first-order chi connectivity index (χ1) is 10.9. The predicted octanol–water partition coefficient (Wildman–Crippen LogP) is 2.01. The molecule has 1 rings (SSSR count). The fraction of sp³-hybridized carbons (Fsp3) is 0.562. The fourth-order valence-corrected chi connectivity index (χ4v) is 3.07. The van der Waals surface area contributed by atoms with Crippen molar-refractivity contribution in [1.82, 2.24) is 9.62 Å². The van der Waals surface area contributed by atoms with Crippen molar-refractivity contribution >= 4 is 15.9 Å². The molecule has 0 aliphatic carbocycles. The maximum absolute atomic E-state index is 12.0. The minimum absolute atomic E-state index is 0.0530. The summed E-state index contributed by atoms with van der Waals surface area (Å²) in [6.07, 6.45) is 1.73. The molecule has 0 saturated heterocycles. The molecule has 1 aromatic carbocycles. The number of nitrogens with zero attached hydrogens (tertiary/aromatic N) is 1. The summed E-state index contributed by atoms with van der Waals surface area (Å²) in [5.74, 6) is 0.381. The Kier molecular flexibility index (Phi) is 8.05. The number of nitrogens with one attached hydrogen (secondary N) is 1. The van der Waals surface area contributed by atoms with Crippen LogP contribution in [0.2, 0.25) is 0 Å². The summed E-state index contributed by atoms with van der Waals surface area (Å²) < 4.78 is 32.0. The first-order valence-electron chi connectivity index (χ1n) is 7.94. The van der Waals surface area contributed by atoms with E-state index in [2.05, 4.69) is 4.72 Å². The Hall–Kier alpha value is -1.60. The lowest BCUT2D eigenvalue weighted by molar-refractivity contribution is -0.132. The Morgan fingerprint density at radius 3 is 2.26 bits per heavy atom. The first kappa shape index (κ1) is 19.4. The lowest BCUT2D eigenvalue weighted by Gasteiger charge is -2.18. The van der Waals surface area contributed by atoms with E-state index in [4.69, 9.17) is 4.74 Å². The Labute approximate surface area is 138 Å². The largest absolute Gasteiger partial charge is 0.484 e. The van der Waals surface area contributed by atoms with Crippen molar-refractivity contribution in [3.63, 3.8) is 0 Å². The fourth-order valence-electron chi connectivity index (χ4n) is 1.99. The highest BCUT2D eigenvalue weighted by molar-refractivity contribution is 7.89. The van der Waals surface area contributed by atoms with E-state index in [0.717, 1.165) is 12.8 Å².